The van der Waals surface area contributed by atoms with E-state index in [2.05, 4.69) is 17.9 Å². The summed E-state index contributed by atoms with van der Waals surface area (Å²) in [4.78, 5) is 11.1. The van der Waals surface area contributed by atoms with Crippen LogP contribution in [0, 0.1) is 5.41 Å². The Labute approximate surface area is 77.4 Å². The zero-order chi connectivity index (χ0) is 9.78. The molecular formula is C7H14N2O2S. The zero-order valence-corrected chi connectivity index (χ0v) is 8.27. The van der Waals surface area contributed by atoms with Gasteiger partial charge in [-0.1, -0.05) is 0 Å². The van der Waals surface area contributed by atoms with Gasteiger partial charge in [0.2, 0.25) is 0 Å². The third-order valence-electron chi connectivity index (χ3n) is 1.74. The van der Waals surface area contributed by atoms with E-state index in [1.807, 2.05) is 0 Å². The molecule has 0 saturated carbocycles. The van der Waals surface area contributed by atoms with Crippen LogP contribution in [-0.4, -0.2) is 18.2 Å². The second kappa shape index (κ2) is 4.37. The van der Waals surface area contributed by atoms with Crippen molar-refractivity contribution in [3.05, 3.63) is 11.1 Å². The summed E-state index contributed by atoms with van der Waals surface area (Å²) >= 11 is 3.94. The highest BCUT2D eigenvalue weighted by Gasteiger charge is 2.30. The molecule has 0 aromatic rings. The Hall–Kier alpha value is -0.680. The van der Waals surface area contributed by atoms with Gasteiger partial charge in [0.1, 0.15) is 0 Å². The van der Waals surface area contributed by atoms with Crippen molar-refractivity contribution in [1.29, 1.82) is 0 Å². The van der Waals surface area contributed by atoms with Crippen molar-refractivity contribution in [2.75, 3.05) is 7.05 Å². The molecule has 1 amide bonds. The molecule has 3 N–H and O–H groups in total. The van der Waals surface area contributed by atoms with Crippen molar-refractivity contribution in [3.8, 4) is 0 Å². The van der Waals surface area contributed by atoms with Gasteiger partial charge in [-0.2, -0.15) is 0 Å². The summed E-state index contributed by atoms with van der Waals surface area (Å²) in [7, 11) is 1.69. The molecule has 0 bridgehead atoms. The molecule has 5 heteroatoms. The summed E-state index contributed by atoms with van der Waals surface area (Å²) in [5, 5.41) is 12.7. The maximum absolute atomic E-state index is 11.1. The molecule has 4 nitrogen and oxygen atoms in total. The number of rotatable bonds is 3. The van der Waals surface area contributed by atoms with Crippen LogP contribution in [0.2, 0.25) is 0 Å². The van der Waals surface area contributed by atoms with Crippen LogP contribution in [0.1, 0.15) is 13.8 Å². The average molecular weight is 190 g/mol. The van der Waals surface area contributed by atoms with E-state index in [0.717, 1.165) is 0 Å². The van der Waals surface area contributed by atoms with Gasteiger partial charge in [0.05, 0.1) is 5.41 Å². The average Bonchev–Trinajstić information content (AvgIpc) is 2.04. The Morgan fingerprint density at radius 1 is 1.58 bits per heavy atom. The predicted octanol–water partition coefficient (Wildman–Crippen LogP) is 0.509. The van der Waals surface area contributed by atoms with E-state index in [1.165, 1.54) is 5.41 Å². The number of carbonyl (C=O) groups excluding carboxylic acids is 1. The third-order valence-corrected chi connectivity index (χ3v) is 2.00. The molecule has 0 radical (unpaired) electrons. The maximum atomic E-state index is 11.1. The van der Waals surface area contributed by atoms with E-state index in [1.54, 1.807) is 26.4 Å². The first-order valence-electron chi connectivity index (χ1n) is 3.47. The molecule has 0 aliphatic rings. The molecule has 0 aromatic carbocycles. The van der Waals surface area contributed by atoms with Crippen molar-refractivity contribution in [2.24, 2.45) is 5.41 Å². The molecule has 0 aliphatic carbocycles. The van der Waals surface area contributed by atoms with Gasteiger partial charge in [0.25, 0.3) is 5.91 Å². The smallest absolute Gasteiger partial charge is 0.254 e. The first kappa shape index (κ1) is 11.3. The van der Waals surface area contributed by atoms with Gasteiger partial charge in [-0.05, 0) is 19.3 Å². The summed E-state index contributed by atoms with van der Waals surface area (Å²) in [6.07, 6.45) is 0. The molecule has 0 heterocycles. The van der Waals surface area contributed by atoms with Gasteiger partial charge in [-0.15, -0.1) is 12.6 Å². The number of nitrogens with one attached hydrogen (secondary N) is 2. The summed E-state index contributed by atoms with van der Waals surface area (Å²) < 4.78 is 0. The maximum Gasteiger partial charge on any atom is 0.254 e. The van der Waals surface area contributed by atoms with Crippen LogP contribution in [0.4, 0.5) is 0 Å². The lowest BCUT2D eigenvalue weighted by Gasteiger charge is -2.24. The van der Waals surface area contributed by atoms with Gasteiger partial charge in [0.15, 0.2) is 0 Å². The molecule has 0 spiro atoms. The van der Waals surface area contributed by atoms with Crippen LogP contribution in [0.5, 0.6) is 0 Å². The van der Waals surface area contributed by atoms with E-state index >= 15 is 0 Å². The van der Waals surface area contributed by atoms with Gasteiger partial charge in [-0.3, -0.25) is 10.0 Å². The van der Waals surface area contributed by atoms with Gasteiger partial charge < -0.3 is 5.32 Å². The molecule has 0 unspecified atom stereocenters. The van der Waals surface area contributed by atoms with E-state index in [9.17, 15) is 4.79 Å². The molecule has 70 valence electrons. The third kappa shape index (κ3) is 2.15. The van der Waals surface area contributed by atoms with E-state index in [-0.39, 0.29) is 0 Å². The monoisotopic (exact) mass is 190 g/mol. The number of hydroxylamine groups is 1. The standard InChI is InChI=1S/C7H14N2O2S/c1-7(2,6(10)9-11)5(4-12)8-3/h4,8,11-12H,1-3H3,(H,9,10)/b5-4-. The largest absolute Gasteiger partial charge is 0.390 e. The Bertz CT molecular complexity index is 202. The molecule has 0 atom stereocenters. The summed E-state index contributed by atoms with van der Waals surface area (Å²) in [6, 6.07) is 0. The number of thiol groups is 1. The Kier molecular flexibility index (Phi) is 4.12. The fourth-order valence-electron chi connectivity index (χ4n) is 0.800. The van der Waals surface area contributed by atoms with Crippen molar-refractivity contribution >= 4 is 18.5 Å². The zero-order valence-electron chi connectivity index (χ0n) is 7.38. The van der Waals surface area contributed by atoms with Gasteiger partial charge >= 0.3 is 0 Å². The lowest BCUT2D eigenvalue weighted by molar-refractivity contribution is -0.136. The fourth-order valence-corrected chi connectivity index (χ4v) is 1.25. The van der Waals surface area contributed by atoms with Crippen LogP contribution < -0.4 is 10.8 Å². The minimum atomic E-state index is -0.800. The summed E-state index contributed by atoms with van der Waals surface area (Å²) in [5.74, 6) is -0.475. The lowest BCUT2D eigenvalue weighted by atomic mass is 9.89. The minimum absolute atomic E-state index is 0.475. The molecule has 0 rings (SSSR count). The van der Waals surface area contributed by atoms with Crippen molar-refractivity contribution in [1.82, 2.24) is 10.8 Å². The number of carbonyl (C=O) groups is 1. The molecular weight excluding hydrogens is 176 g/mol. The SMILES string of the molecule is CN/C(=C\S)C(C)(C)C(=O)NO. The van der Waals surface area contributed by atoms with E-state index in [0.29, 0.717) is 5.70 Å². The molecule has 12 heavy (non-hydrogen) atoms. The summed E-state index contributed by atoms with van der Waals surface area (Å²) in [5.41, 5.74) is 1.44. The topological polar surface area (TPSA) is 61.4 Å². The van der Waals surface area contributed by atoms with E-state index < -0.39 is 11.3 Å². The second-order valence-electron chi connectivity index (χ2n) is 2.86. The van der Waals surface area contributed by atoms with Crippen molar-refractivity contribution < 1.29 is 10.0 Å². The van der Waals surface area contributed by atoms with E-state index in [4.69, 9.17) is 5.21 Å². The first-order chi connectivity index (χ1) is 5.50. The van der Waals surface area contributed by atoms with Crippen LogP contribution in [-0.2, 0) is 4.79 Å². The Morgan fingerprint density at radius 3 is 2.33 bits per heavy atom. The highest BCUT2D eigenvalue weighted by Crippen LogP contribution is 2.24. The first-order valence-corrected chi connectivity index (χ1v) is 3.99. The van der Waals surface area contributed by atoms with Gasteiger partial charge in [0, 0.05) is 12.7 Å². The Balaban J connectivity index is 4.70. The quantitative estimate of drug-likeness (QED) is 0.298. The molecule has 0 fully saturated rings. The van der Waals surface area contributed by atoms with Gasteiger partial charge in [-0.25, -0.2) is 5.48 Å². The lowest BCUT2D eigenvalue weighted by Crippen LogP contribution is -2.39. The highest BCUT2D eigenvalue weighted by atomic mass is 32.1. The fraction of sp³-hybridized carbons (Fsp3) is 0.571. The normalized spacial score (nSPS) is 12.6. The molecule has 0 aromatic heterocycles. The van der Waals surface area contributed by atoms with Crippen LogP contribution >= 0.6 is 12.6 Å². The van der Waals surface area contributed by atoms with Crippen LogP contribution in [0.3, 0.4) is 0 Å². The minimum Gasteiger partial charge on any atom is -0.390 e. The highest BCUT2D eigenvalue weighted by molar-refractivity contribution is 7.83. The second-order valence-corrected chi connectivity index (χ2v) is 3.12. The number of hydrogen-bond donors (Lipinski definition) is 4. The van der Waals surface area contributed by atoms with Crippen molar-refractivity contribution in [2.45, 2.75) is 13.8 Å². The Morgan fingerprint density at radius 2 is 2.08 bits per heavy atom. The number of hydrogen-bond acceptors (Lipinski definition) is 4. The molecule has 0 saturated heterocycles. The predicted molar refractivity (Wildman–Crippen MR) is 49.8 cm³/mol. The van der Waals surface area contributed by atoms with Crippen molar-refractivity contribution in [3.63, 3.8) is 0 Å². The van der Waals surface area contributed by atoms with Crippen LogP contribution in [0.25, 0.3) is 0 Å². The molecule has 0 aliphatic heterocycles. The summed E-state index contributed by atoms with van der Waals surface area (Å²) in [6.45, 7) is 3.36. The van der Waals surface area contributed by atoms with Crippen LogP contribution in [0.15, 0.2) is 11.1 Å². The number of amides is 1.